The minimum atomic E-state index is -0.206. The Kier molecular flexibility index (Phi) is 4.22. The van der Waals surface area contributed by atoms with E-state index in [1.165, 1.54) is 7.11 Å². The van der Waals surface area contributed by atoms with Gasteiger partial charge in [0.15, 0.2) is 11.4 Å². The van der Waals surface area contributed by atoms with Crippen molar-refractivity contribution in [3.63, 3.8) is 0 Å². The smallest absolute Gasteiger partial charge is 0.305 e. The quantitative estimate of drug-likeness (QED) is 0.547. The van der Waals surface area contributed by atoms with Crippen molar-refractivity contribution in [2.45, 2.75) is 25.8 Å². The molecule has 0 spiro atoms. The maximum absolute atomic E-state index is 11.1. The Morgan fingerprint density at radius 1 is 1.39 bits per heavy atom. The second-order valence-corrected chi connectivity index (χ2v) is 5.05. The van der Waals surface area contributed by atoms with Gasteiger partial charge in [0.25, 0.3) is 0 Å². The number of carbonyl (C=O) groups excluding carboxylic acids is 1. The molecule has 3 aromatic heterocycles. The molecule has 0 saturated heterocycles. The zero-order valence-electron chi connectivity index (χ0n) is 12.7. The lowest BCUT2D eigenvalue weighted by molar-refractivity contribution is -0.140. The highest BCUT2D eigenvalue weighted by atomic mass is 16.5. The summed E-state index contributed by atoms with van der Waals surface area (Å²) in [5.41, 5.74) is 7.08. The average molecular weight is 315 g/mol. The van der Waals surface area contributed by atoms with Crippen molar-refractivity contribution in [3.8, 4) is 11.5 Å². The average Bonchev–Trinajstić information content (AvgIpc) is 3.20. The number of nitrogen functional groups attached to an aromatic ring is 1. The summed E-state index contributed by atoms with van der Waals surface area (Å²) in [5.74, 6) is 0.580. The van der Waals surface area contributed by atoms with Gasteiger partial charge in [0, 0.05) is 13.0 Å². The van der Waals surface area contributed by atoms with Crippen LogP contribution in [0.15, 0.2) is 29.0 Å². The first-order valence-corrected chi connectivity index (χ1v) is 7.29. The SMILES string of the molecule is COC(=O)CCCCn1ncc2c(-c3ccco3)nc(N)nc21. The number of hydrogen-bond acceptors (Lipinski definition) is 7. The molecule has 0 fully saturated rings. The van der Waals surface area contributed by atoms with E-state index in [2.05, 4.69) is 19.8 Å². The van der Waals surface area contributed by atoms with Crippen LogP contribution in [0, 0.1) is 0 Å². The topological polar surface area (TPSA) is 109 Å². The lowest BCUT2D eigenvalue weighted by atomic mass is 10.2. The van der Waals surface area contributed by atoms with Gasteiger partial charge in [-0.2, -0.15) is 10.1 Å². The van der Waals surface area contributed by atoms with E-state index >= 15 is 0 Å². The van der Waals surface area contributed by atoms with Gasteiger partial charge >= 0.3 is 5.97 Å². The van der Waals surface area contributed by atoms with E-state index in [9.17, 15) is 4.79 Å². The molecule has 0 aromatic carbocycles. The number of fused-ring (bicyclic) bond motifs is 1. The van der Waals surface area contributed by atoms with Gasteiger partial charge in [0.05, 0.1) is 25.0 Å². The Balaban J connectivity index is 1.82. The maximum Gasteiger partial charge on any atom is 0.305 e. The number of methoxy groups -OCH3 is 1. The van der Waals surface area contributed by atoms with Crippen LogP contribution in [0.3, 0.4) is 0 Å². The van der Waals surface area contributed by atoms with Crippen molar-refractivity contribution in [2.75, 3.05) is 12.8 Å². The van der Waals surface area contributed by atoms with Crippen molar-refractivity contribution in [1.82, 2.24) is 19.7 Å². The minimum Gasteiger partial charge on any atom is -0.469 e. The molecule has 8 heteroatoms. The molecule has 2 N–H and O–H groups in total. The first-order chi connectivity index (χ1) is 11.2. The second kappa shape index (κ2) is 6.47. The van der Waals surface area contributed by atoms with E-state index in [4.69, 9.17) is 10.2 Å². The first-order valence-electron chi connectivity index (χ1n) is 7.29. The largest absolute Gasteiger partial charge is 0.469 e. The van der Waals surface area contributed by atoms with E-state index < -0.39 is 0 Å². The van der Waals surface area contributed by atoms with E-state index in [0.29, 0.717) is 30.1 Å². The summed E-state index contributed by atoms with van der Waals surface area (Å²) in [4.78, 5) is 19.6. The summed E-state index contributed by atoms with van der Waals surface area (Å²) in [6.45, 7) is 0.633. The molecule has 8 nitrogen and oxygen atoms in total. The zero-order valence-corrected chi connectivity index (χ0v) is 12.7. The fourth-order valence-electron chi connectivity index (χ4n) is 2.37. The van der Waals surface area contributed by atoms with E-state index in [0.717, 1.165) is 18.2 Å². The van der Waals surface area contributed by atoms with Gasteiger partial charge in [0.2, 0.25) is 5.95 Å². The molecule has 0 unspecified atom stereocenters. The molecule has 3 rings (SSSR count). The van der Waals surface area contributed by atoms with Crippen molar-refractivity contribution >= 4 is 23.0 Å². The van der Waals surface area contributed by atoms with Crippen LogP contribution in [0.25, 0.3) is 22.5 Å². The standard InChI is InChI=1S/C15H17N5O3/c1-22-12(21)6-2-3-7-20-14-10(9-17-20)13(18-15(16)19-14)11-5-4-8-23-11/h4-5,8-9H,2-3,6-7H2,1H3,(H2,16,18,19). The second-order valence-electron chi connectivity index (χ2n) is 5.05. The maximum atomic E-state index is 11.1. The predicted molar refractivity (Wildman–Crippen MR) is 83.3 cm³/mol. The van der Waals surface area contributed by atoms with Crippen LogP contribution in [0.5, 0.6) is 0 Å². The van der Waals surface area contributed by atoms with Crippen LogP contribution >= 0.6 is 0 Å². The number of aromatic nitrogens is 4. The summed E-state index contributed by atoms with van der Waals surface area (Å²) >= 11 is 0. The van der Waals surface area contributed by atoms with Crippen LogP contribution in [0.2, 0.25) is 0 Å². The first kappa shape index (κ1) is 15.0. The summed E-state index contributed by atoms with van der Waals surface area (Å²) < 4.78 is 11.8. The van der Waals surface area contributed by atoms with Gasteiger partial charge in [-0.1, -0.05) is 0 Å². The number of hydrogen-bond donors (Lipinski definition) is 1. The molecular formula is C15H17N5O3. The third-order valence-corrected chi connectivity index (χ3v) is 3.50. The Labute approximate surface area is 132 Å². The lowest BCUT2D eigenvalue weighted by Gasteiger charge is -2.04. The van der Waals surface area contributed by atoms with Crippen molar-refractivity contribution in [2.24, 2.45) is 0 Å². The third-order valence-electron chi connectivity index (χ3n) is 3.50. The summed E-state index contributed by atoms with van der Waals surface area (Å²) in [6, 6.07) is 3.60. The van der Waals surface area contributed by atoms with E-state index in [-0.39, 0.29) is 11.9 Å². The molecule has 0 radical (unpaired) electrons. The lowest BCUT2D eigenvalue weighted by Crippen LogP contribution is -2.05. The molecule has 120 valence electrons. The van der Waals surface area contributed by atoms with Gasteiger partial charge in [-0.15, -0.1) is 0 Å². The Morgan fingerprint density at radius 2 is 2.26 bits per heavy atom. The highest BCUT2D eigenvalue weighted by Crippen LogP contribution is 2.27. The van der Waals surface area contributed by atoms with Crippen molar-refractivity contribution < 1.29 is 13.9 Å². The normalized spacial score (nSPS) is 11.0. The van der Waals surface area contributed by atoms with E-state index in [1.807, 2.05) is 6.07 Å². The molecular weight excluding hydrogens is 298 g/mol. The zero-order chi connectivity index (χ0) is 16.2. The number of unbranched alkanes of at least 4 members (excludes halogenated alkanes) is 1. The molecule has 0 atom stereocenters. The van der Waals surface area contributed by atoms with Gasteiger partial charge < -0.3 is 14.9 Å². The van der Waals surface area contributed by atoms with Crippen LogP contribution in [-0.4, -0.2) is 32.8 Å². The number of esters is 1. The van der Waals surface area contributed by atoms with Crippen LogP contribution in [0.4, 0.5) is 5.95 Å². The number of carbonyl (C=O) groups is 1. The molecule has 23 heavy (non-hydrogen) atoms. The Bertz CT molecular complexity index is 810. The Morgan fingerprint density at radius 3 is 3.00 bits per heavy atom. The number of rotatable bonds is 6. The summed E-state index contributed by atoms with van der Waals surface area (Å²) in [6.07, 6.45) is 5.18. The highest BCUT2D eigenvalue weighted by molar-refractivity contribution is 5.89. The van der Waals surface area contributed by atoms with Gasteiger partial charge in [-0.3, -0.25) is 4.79 Å². The molecule has 0 saturated carbocycles. The van der Waals surface area contributed by atoms with E-state index in [1.54, 1.807) is 23.2 Å². The van der Waals surface area contributed by atoms with Crippen LogP contribution in [-0.2, 0) is 16.1 Å². The summed E-state index contributed by atoms with van der Waals surface area (Å²) in [5, 5.41) is 5.12. The predicted octanol–water partition coefficient (Wildman–Crippen LogP) is 2.01. The number of nitrogens with two attached hydrogens (primary N) is 1. The fraction of sp³-hybridized carbons (Fsp3) is 0.333. The Hall–Kier alpha value is -2.90. The van der Waals surface area contributed by atoms with Crippen LogP contribution in [0.1, 0.15) is 19.3 Å². The molecule has 0 aliphatic rings. The molecule has 0 aliphatic heterocycles. The number of ether oxygens (including phenoxy) is 1. The van der Waals surface area contributed by atoms with Crippen LogP contribution < -0.4 is 5.73 Å². The van der Waals surface area contributed by atoms with Gasteiger partial charge in [-0.05, 0) is 25.0 Å². The number of furan rings is 1. The fourth-order valence-corrected chi connectivity index (χ4v) is 2.37. The van der Waals surface area contributed by atoms with Crippen molar-refractivity contribution in [1.29, 1.82) is 0 Å². The molecule has 0 bridgehead atoms. The molecule has 0 amide bonds. The van der Waals surface area contributed by atoms with Gasteiger partial charge in [0.1, 0.15) is 5.69 Å². The molecule has 0 aliphatic carbocycles. The van der Waals surface area contributed by atoms with Gasteiger partial charge in [-0.25, -0.2) is 9.67 Å². The highest BCUT2D eigenvalue weighted by Gasteiger charge is 2.15. The van der Waals surface area contributed by atoms with Crippen molar-refractivity contribution in [3.05, 3.63) is 24.6 Å². The number of nitrogens with zero attached hydrogens (tertiary/aromatic N) is 4. The summed E-state index contributed by atoms with van der Waals surface area (Å²) in [7, 11) is 1.39. The monoisotopic (exact) mass is 315 g/mol. The number of anilines is 1. The number of aryl methyl sites for hydroxylation is 1. The molecule has 3 heterocycles. The minimum absolute atomic E-state index is 0.167. The third kappa shape index (κ3) is 3.15. The molecule has 3 aromatic rings.